The SMILES string of the molecule is C=CCNC(=NC)N1CCN(CCC(=O)N(C)C)CC1.I. The van der Waals surface area contributed by atoms with Crippen LogP contribution in [0.2, 0.25) is 0 Å². The van der Waals surface area contributed by atoms with Gasteiger partial charge in [-0.25, -0.2) is 0 Å². The molecule has 0 bridgehead atoms. The maximum atomic E-state index is 11.6. The summed E-state index contributed by atoms with van der Waals surface area (Å²) in [4.78, 5) is 22.1. The minimum Gasteiger partial charge on any atom is -0.353 e. The third kappa shape index (κ3) is 7.12. The van der Waals surface area contributed by atoms with E-state index in [2.05, 4.69) is 26.7 Å². The standard InChI is InChI=1S/C14H27N5O.HI/c1-5-7-16-14(15-2)19-11-9-18(10-12-19)8-6-13(20)17(3)4;/h5H,1,6-12H2,2-4H3,(H,15,16);1H. The molecular weight excluding hydrogens is 381 g/mol. The number of amides is 1. The molecule has 0 aromatic carbocycles. The molecule has 7 heteroatoms. The lowest BCUT2D eigenvalue weighted by atomic mass is 10.3. The summed E-state index contributed by atoms with van der Waals surface area (Å²) in [5.74, 6) is 1.12. The van der Waals surface area contributed by atoms with Crippen LogP contribution in [0.3, 0.4) is 0 Å². The van der Waals surface area contributed by atoms with Gasteiger partial charge in [-0.15, -0.1) is 30.6 Å². The van der Waals surface area contributed by atoms with E-state index in [0.717, 1.165) is 45.2 Å². The fourth-order valence-corrected chi connectivity index (χ4v) is 2.16. The number of rotatable bonds is 5. The molecule has 1 aliphatic heterocycles. The van der Waals surface area contributed by atoms with E-state index in [-0.39, 0.29) is 29.9 Å². The predicted molar refractivity (Wildman–Crippen MR) is 98.3 cm³/mol. The van der Waals surface area contributed by atoms with E-state index in [4.69, 9.17) is 0 Å². The second-order valence-corrected chi connectivity index (χ2v) is 5.08. The van der Waals surface area contributed by atoms with Crippen molar-refractivity contribution in [3.63, 3.8) is 0 Å². The van der Waals surface area contributed by atoms with Crippen LogP contribution in [0.4, 0.5) is 0 Å². The highest BCUT2D eigenvalue weighted by Crippen LogP contribution is 2.03. The van der Waals surface area contributed by atoms with Gasteiger partial charge in [-0.3, -0.25) is 14.7 Å². The van der Waals surface area contributed by atoms with Crippen molar-refractivity contribution in [3.05, 3.63) is 12.7 Å². The number of hydrogen-bond donors (Lipinski definition) is 1. The molecule has 1 N–H and O–H groups in total. The smallest absolute Gasteiger partial charge is 0.223 e. The summed E-state index contributed by atoms with van der Waals surface area (Å²) in [5.41, 5.74) is 0. The van der Waals surface area contributed by atoms with E-state index in [1.807, 2.05) is 6.08 Å². The van der Waals surface area contributed by atoms with Gasteiger partial charge in [0.1, 0.15) is 0 Å². The summed E-state index contributed by atoms with van der Waals surface area (Å²) in [7, 11) is 5.40. The van der Waals surface area contributed by atoms with Crippen LogP contribution in [-0.4, -0.2) is 87.0 Å². The molecule has 1 amide bonds. The average molecular weight is 409 g/mol. The van der Waals surface area contributed by atoms with E-state index < -0.39 is 0 Å². The van der Waals surface area contributed by atoms with Crippen LogP contribution in [-0.2, 0) is 4.79 Å². The van der Waals surface area contributed by atoms with Crippen molar-refractivity contribution >= 4 is 35.8 Å². The maximum Gasteiger partial charge on any atom is 0.223 e. The zero-order valence-corrected chi connectivity index (χ0v) is 15.7. The Morgan fingerprint density at radius 2 is 1.95 bits per heavy atom. The molecule has 1 aliphatic rings. The average Bonchev–Trinajstić information content (AvgIpc) is 2.46. The van der Waals surface area contributed by atoms with E-state index in [1.165, 1.54) is 0 Å². The van der Waals surface area contributed by atoms with E-state index in [1.54, 1.807) is 26.0 Å². The molecule has 0 aromatic heterocycles. The van der Waals surface area contributed by atoms with Crippen molar-refractivity contribution < 1.29 is 4.79 Å². The summed E-state index contributed by atoms with van der Waals surface area (Å²) < 4.78 is 0. The molecule has 21 heavy (non-hydrogen) atoms. The number of halogens is 1. The maximum absolute atomic E-state index is 11.6. The minimum absolute atomic E-state index is 0. The summed E-state index contributed by atoms with van der Waals surface area (Å²) in [6.45, 7) is 9.07. The Morgan fingerprint density at radius 3 is 2.43 bits per heavy atom. The largest absolute Gasteiger partial charge is 0.353 e. The predicted octanol–water partition coefficient (Wildman–Crippen LogP) is 0.462. The lowest BCUT2D eigenvalue weighted by molar-refractivity contribution is -0.129. The van der Waals surface area contributed by atoms with Crippen LogP contribution in [0.25, 0.3) is 0 Å². The number of hydrogen-bond acceptors (Lipinski definition) is 3. The molecule has 0 atom stereocenters. The molecule has 1 heterocycles. The van der Waals surface area contributed by atoms with Crippen LogP contribution in [0, 0.1) is 0 Å². The van der Waals surface area contributed by atoms with Crippen molar-refractivity contribution in [2.45, 2.75) is 6.42 Å². The minimum atomic E-state index is 0. The summed E-state index contributed by atoms with van der Waals surface area (Å²) in [6, 6.07) is 0. The topological polar surface area (TPSA) is 51.2 Å². The Kier molecular flexibility index (Phi) is 10.4. The Bertz CT molecular complexity index is 351. The fourth-order valence-electron chi connectivity index (χ4n) is 2.16. The molecule has 0 saturated carbocycles. The number of carbonyl (C=O) groups is 1. The van der Waals surface area contributed by atoms with Gasteiger partial charge in [-0.1, -0.05) is 6.08 Å². The Labute approximate surface area is 145 Å². The van der Waals surface area contributed by atoms with Crippen molar-refractivity contribution in [2.75, 3.05) is 60.4 Å². The van der Waals surface area contributed by atoms with Gasteiger partial charge in [0.2, 0.25) is 5.91 Å². The van der Waals surface area contributed by atoms with Crippen molar-refractivity contribution in [2.24, 2.45) is 4.99 Å². The quantitative estimate of drug-likeness (QED) is 0.310. The highest BCUT2D eigenvalue weighted by Gasteiger charge is 2.19. The molecule has 0 unspecified atom stereocenters. The van der Waals surface area contributed by atoms with Gasteiger partial charge < -0.3 is 15.1 Å². The first kappa shape index (κ1) is 20.2. The number of aliphatic imine (C=N–C) groups is 1. The van der Waals surface area contributed by atoms with Gasteiger partial charge in [0.25, 0.3) is 0 Å². The molecule has 0 aromatic rings. The third-order valence-corrected chi connectivity index (χ3v) is 3.43. The van der Waals surface area contributed by atoms with Crippen molar-refractivity contribution in [3.8, 4) is 0 Å². The molecule has 122 valence electrons. The third-order valence-electron chi connectivity index (χ3n) is 3.43. The van der Waals surface area contributed by atoms with Gasteiger partial charge in [0, 0.05) is 66.8 Å². The van der Waals surface area contributed by atoms with Crippen LogP contribution < -0.4 is 5.32 Å². The Hall–Kier alpha value is -0.830. The molecule has 0 spiro atoms. The highest BCUT2D eigenvalue weighted by atomic mass is 127. The van der Waals surface area contributed by atoms with E-state index >= 15 is 0 Å². The fraction of sp³-hybridized carbons (Fsp3) is 0.714. The Morgan fingerprint density at radius 1 is 1.33 bits per heavy atom. The molecule has 0 radical (unpaired) electrons. The Balaban J connectivity index is 0.00000400. The van der Waals surface area contributed by atoms with Crippen molar-refractivity contribution in [1.82, 2.24) is 20.0 Å². The van der Waals surface area contributed by atoms with Crippen LogP contribution >= 0.6 is 24.0 Å². The number of piperazine rings is 1. The zero-order valence-electron chi connectivity index (χ0n) is 13.3. The van der Waals surface area contributed by atoms with Crippen LogP contribution in [0.1, 0.15) is 6.42 Å². The van der Waals surface area contributed by atoms with E-state index in [9.17, 15) is 4.79 Å². The number of nitrogens with one attached hydrogen (secondary N) is 1. The van der Waals surface area contributed by atoms with Gasteiger partial charge >= 0.3 is 0 Å². The van der Waals surface area contributed by atoms with Gasteiger partial charge in [-0.05, 0) is 0 Å². The number of nitrogens with zero attached hydrogens (tertiary/aromatic N) is 4. The van der Waals surface area contributed by atoms with Crippen LogP contribution in [0.5, 0.6) is 0 Å². The van der Waals surface area contributed by atoms with Gasteiger partial charge in [0.05, 0.1) is 0 Å². The zero-order chi connectivity index (χ0) is 15.0. The lowest BCUT2D eigenvalue weighted by Crippen LogP contribution is -2.52. The van der Waals surface area contributed by atoms with Crippen molar-refractivity contribution in [1.29, 1.82) is 0 Å². The molecule has 1 fully saturated rings. The molecular formula is C14H28IN5O. The van der Waals surface area contributed by atoms with E-state index in [0.29, 0.717) is 6.42 Å². The molecule has 1 rings (SSSR count). The summed E-state index contributed by atoms with van der Waals surface area (Å²) >= 11 is 0. The normalized spacial score (nSPS) is 16.1. The second-order valence-electron chi connectivity index (χ2n) is 5.08. The monoisotopic (exact) mass is 409 g/mol. The summed E-state index contributed by atoms with van der Waals surface area (Å²) in [5, 5.41) is 3.25. The first-order valence-corrected chi connectivity index (χ1v) is 7.07. The first-order valence-electron chi connectivity index (χ1n) is 7.07. The van der Waals surface area contributed by atoms with Gasteiger partial charge in [0.15, 0.2) is 5.96 Å². The first-order chi connectivity index (χ1) is 9.58. The van der Waals surface area contributed by atoms with Gasteiger partial charge in [-0.2, -0.15) is 0 Å². The number of guanidine groups is 1. The lowest BCUT2D eigenvalue weighted by Gasteiger charge is -2.36. The number of carbonyl (C=O) groups excluding carboxylic acids is 1. The summed E-state index contributed by atoms with van der Waals surface area (Å²) in [6.07, 6.45) is 2.42. The molecule has 0 aliphatic carbocycles. The second kappa shape index (κ2) is 10.8. The van der Waals surface area contributed by atoms with Crippen LogP contribution in [0.15, 0.2) is 17.6 Å². The molecule has 1 saturated heterocycles. The molecule has 6 nitrogen and oxygen atoms in total. The highest BCUT2D eigenvalue weighted by molar-refractivity contribution is 14.0.